The molecule has 0 saturated heterocycles. The molecule has 3 N–H and O–H groups in total. The minimum absolute atomic E-state index is 0.00873. The Morgan fingerprint density at radius 3 is 1.68 bits per heavy atom. The van der Waals surface area contributed by atoms with E-state index in [1.54, 1.807) is 0 Å². The van der Waals surface area contributed by atoms with Crippen LogP contribution in [-0.2, 0) is 4.79 Å². The van der Waals surface area contributed by atoms with E-state index < -0.39 is 12.1 Å². The third kappa shape index (κ3) is 20.1. The van der Waals surface area contributed by atoms with Gasteiger partial charge in [-0.25, -0.2) is 0 Å². The summed E-state index contributed by atoms with van der Waals surface area (Å²) in [4.78, 5) is 12.5. The van der Waals surface area contributed by atoms with E-state index in [9.17, 15) is 9.90 Å². The van der Waals surface area contributed by atoms with Crippen LogP contribution in [-0.4, -0.2) is 58.5 Å². The number of aliphatic carboxylic acids is 1. The molecule has 168 valence electrons. The molecule has 0 aromatic carbocycles. The first kappa shape index (κ1) is 27.4. The number of rotatable bonds is 22. The fourth-order valence-corrected chi connectivity index (χ4v) is 3.65. The topological polar surface area (TPSA) is 81.0 Å². The van der Waals surface area contributed by atoms with Crippen molar-refractivity contribution in [3.63, 3.8) is 0 Å². The molecule has 28 heavy (non-hydrogen) atoms. The predicted molar refractivity (Wildman–Crippen MR) is 117 cm³/mol. The number of unbranched alkanes of at least 4 members (excludes halogenated alkanes) is 13. The first-order chi connectivity index (χ1) is 13.6. The number of aliphatic hydroxyl groups excluding tert-OH is 2. The van der Waals surface area contributed by atoms with Gasteiger partial charge in [0.2, 0.25) is 0 Å². The minimum Gasteiger partial charge on any atom is -0.481 e. The zero-order valence-electron chi connectivity index (χ0n) is 18.4. The Labute approximate surface area is 173 Å². The van der Waals surface area contributed by atoms with Gasteiger partial charge in [-0.15, -0.1) is 0 Å². The van der Waals surface area contributed by atoms with Crippen LogP contribution in [0, 0.1) is 0 Å². The van der Waals surface area contributed by atoms with Crippen LogP contribution in [0.2, 0.25) is 0 Å². The van der Waals surface area contributed by atoms with Crippen LogP contribution in [0.25, 0.3) is 0 Å². The summed E-state index contributed by atoms with van der Waals surface area (Å²) in [6.45, 7) is 3.51. The van der Waals surface area contributed by atoms with Gasteiger partial charge in [0, 0.05) is 19.6 Å². The van der Waals surface area contributed by atoms with Crippen molar-refractivity contribution in [2.75, 3.05) is 26.2 Å². The molecule has 0 aliphatic carbocycles. The average molecular weight is 402 g/mol. The highest BCUT2D eigenvalue weighted by Gasteiger charge is 2.12. The standard InChI is InChI=1S/C23H47NO4/c1-2-3-4-5-6-7-8-9-10-11-12-13-14-15-16-22(26)21-24(19-20-25)18-17-23(27)28/h22,25-26H,2-21H2,1H3,(H,27,28)/t22-/m0/s1. The molecule has 0 aromatic rings. The molecule has 0 bridgehead atoms. The van der Waals surface area contributed by atoms with E-state index in [-0.39, 0.29) is 13.0 Å². The fourth-order valence-electron chi connectivity index (χ4n) is 3.65. The second-order valence-corrected chi connectivity index (χ2v) is 8.21. The van der Waals surface area contributed by atoms with E-state index in [2.05, 4.69) is 6.92 Å². The normalized spacial score (nSPS) is 12.6. The van der Waals surface area contributed by atoms with E-state index >= 15 is 0 Å². The minimum atomic E-state index is -0.843. The smallest absolute Gasteiger partial charge is 0.304 e. The molecule has 0 aliphatic heterocycles. The molecule has 0 heterocycles. The Bertz CT molecular complexity index is 339. The van der Waals surface area contributed by atoms with Crippen LogP contribution in [0.15, 0.2) is 0 Å². The number of carboxylic acid groups (broad SMARTS) is 1. The summed E-state index contributed by atoms with van der Waals surface area (Å²) in [5, 5.41) is 27.9. The zero-order chi connectivity index (χ0) is 20.9. The maximum Gasteiger partial charge on any atom is 0.304 e. The van der Waals surface area contributed by atoms with E-state index in [1.165, 1.54) is 77.0 Å². The lowest BCUT2D eigenvalue weighted by Crippen LogP contribution is -2.36. The second kappa shape index (κ2) is 21.1. The largest absolute Gasteiger partial charge is 0.481 e. The van der Waals surface area contributed by atoms with Gasteiger partial charge in [-0.1, -0.05) is 96.8 Å². The monoisotopic (exact) mass is 401 g/mol. The van der Waals surface area contributed by atoms with Gasteiger partial charge < -0.3 is 15.3 Å². The first-order valence-electron chi connectivity index (χ1n) is 11.8. The summed E-state index contributed by atoms with van der Waals surface area (Å²) in [5.74, 6) is -0.843. The van der Waals surface area contributed by atoms with Crippen molar-refractivity contribution in [1.82, 2.24) is 4.90 Å². The summed E-state index contributed by atoms with van der Waals surface area (Å²) in [6.07, 6.45) is 18.9. The van der Waals surface area contributed by atoms with Crippen molar-refractivity contribution < 1.29 is 20.1 Å². The Morgan fingerprint density at radius 2 is 1.25 bits per heavy atom. The Morgan fingerprint density at radius 1 is 0.786 bits per heavy atom. The molecule has 5 heteroatoms. The Kier molecular flexibility index (Phi) is 20.6. The highest BCUT2D eigenvalue weighted by Crippen LogP contribution is 2.14. The molecule has 0 amide bonds. The molecule has 0 fully saturated rings. The number of hydrogen-bond acceptors (Lipinski definition) is 4. The van der Waals surface area contributed by atoms with Crippen LogP contribution >= 0.6 is 0 Å². The van der Waals surface area contributed by atoms with Crippen LogP contribution in [0.5, 0.6) is 0 Å². The van der Waals surface area contributed by atoms with E-state index in [0.29, 0.717) is 19.6 Å². The lowest BCUT2D eigenvalue weighted by Gasteiger charge is -2.23. The number of hydrogen-bond donors (Lipinski definition) is 3. The molecule has 0 rings (SSSR count). The number of nitrogens with zero attached hydrogens (tertiary/aromatic N) is 1. The highest BCUT2D eigenvalue weighted by atomic mass is 16.4. The van der Waals surface area contributed by atoms with Gasteiger partial charge in [0.15, 0.2) is 0 Å². The molecule has 0 radical (unpaired) electrons. The molecular weight excluding hydrogens is 354 g/mol. The molecule has 5 nitrogen and oxygen atoms in total. The molecule has 0 spiro atoms. The Balaban J connectivity index is 3.43. The summed E-state index contributed by atoms with van der Waals surface area (Å²) in [7, 11) is 0. The summed E-state index contributed by atoms with van der Waals surface area (Å²) in [6, 6.07) is 0. The second-order valence-electron chi connectivity index (χ2n) is 8.21. The number of aliphatic hydroxyl groups is 2. The lowest BCUT2D eigenvalue weighted by molar-refractivity contribution is -0.137. The van der Waals surface area contributed by atoms with Crippen molar-refractivity contribution in [3.8, 4) is 0 Å². The van der Waals surface area contributed by atoms with Gasteiger partial charge in [0.05, 0.1) is 19.1 Å². The van der Waals surface area contributed by atoms with E-state index in [0.717, 1.165) is 19.3 Å². The average Bonchev–Trinajstić information content (AvgIpc) is 2.66. The molecule has 0 aliphatic rings. The van der Waals surface area contributed by atoms with Gasteiger partial charge in [0.1, 0.15) is 0 Å². The van der Waals surface area contributed by atoms with Crippen molar-refractivity contribution in [2.24, 2.45) is 0 Å². The van der Waals surface area contributed by atoms with Crippen LogP contribution < -0.4 is 0 Å². The van der Waals surface area contributed by atoms with Crippen LogP contribution in [0.4, 0.5) is 0 Å². The van der Waals surface area contributed by atoms with E-state index in [4.69, 9.17) is 10.2 Å². The predicted octanol–water partition coefficient (Wildman–Crippen LogP) is 4.99. The first-order valence-corrected chi connectivity index (χ1v) is 11.8. The Hall–Kier alpha value is -0.650. The van der Waals surface area contributed by atoms with Gasteiger partial charge >= 0.3 is 5.97 Å². The summed E-state index contributed by atoms with van der Waals surface area (Å²) >= 11 is 0. The molecule has 0 unspecified atom stereocenters. The highest BCUT2D eigenvalue weighted by molar-refractivity contribution is 5.66. The van der Waals surface area contributed by atoms with Crippen LogP contribution in [0.3, 0.4) is 0 Å². The maximum absolute atomic E-state index is 10.7. The number of carbonyl (C=O) groups is 1. The zero-order valence-corrected chi connectivity index (χ0v) is 18.4. The fraction of sp³-hybridized carbons (Fsp3) is 0.957. The number of carboxylic acids is 1. The maximum atomic E-state index is 10.7. The molecular formula is C23H47NO4. The molecule has 0 aromatic heterocycles. The third-order valence-corrected chi connectivity index (χ3v) is 5.42. The third-order valence-electron chi connectivity index (χ3n) is 5.42. The lowest BCUT2D eigenvalue weighted by atomic mass is 10.0. The quantitative estimate of drug-likeness (QED) is 0.223. The van der Waals surface area contributed by atoms with Crippen molar-refractivity contribution in [2.45, 2.75) is 116 Å². The van der Waals surface area contributed by atoms with E-state index in [1.807, 2.05) is 4.90 Å². The summed E-state index contributed by atoms with van der Waals surface area (Å²) < 4.78 is 0. The van der Waals surface area contributed by atoms with Gasteiger partial charge in [0.25, 0.3) is 0 Å². The van der Waals surface area contributed by atoms with Crippen LogP contribution in [0.1, 0.15) is 110 Å². The van der Waals surface area contributed by atoms with Crippen molar-refractivity contribution in [1.29, 1.82) is 0 Å². The van der Waals surface area contributed by atoms with Crippen molar-refractivity contribution >= 4 is 5.97 Å². The molecule has 0 saturated carbocycles. The van der Waals surface area contributed by atoms with Crippen molar-refractivity contribution in [3.05, 3.63) is 0 Å². The summed E-state index contributed by atoms with van der Waals surface area (Å²) in [5.41, 5.74) is 0. The van der Waals surface area contributed by atoms with Gasteiger partial charge in [-0.3, -0.25) is 9.69 Å². The van der Waals surface area contributed by atoms with Gasteiger partial charge in [-0.05, 0) is 6.42 Å². The molecule has 1 atom stereocenters. The van der Waals surface area contributed by atoms with Gasteiger partial charge in [-0.2, -0.15) is 0 Å². The SMILES string of the molecule is CCCCCCCCCCCCCCCC[C@H](O)CN(CCO)CCC(=O)O.